The van der Waals surface area contributed by atoms with Crippen molar-refractivity contribution in [1.29, 1.82) is 0 Å². The normalized spacial score (nSPS) is 11.4. The minimum atomic E-state index is -0.546. The summed E-state index contributed by atoms with van der Waals surface area (Å²) in [5, 5.41) is 5.47. The molecule has 0 atom stereocenters. The number of hydrogen-bond acceptors (Lipinski definition) is 3. The molecule has 3 N–H and O–H groups in total. The number of hydrogen-bond donors (Lipinski definition) is 1. The van der Waals surface area contributed by atoms with Crippen molar-refractivity contribution in [1.82, 2.24) is 0 Å². The Kier molecular flexibility index (Phi) is 3.78. The first-order valence-electron chi connectivity index (χ1n) is 6.75. The summed E-state index contributed by atoms with van der Waals surface area (Å²) in [4.78, 5) is 20.1. The summed E-state index contributed by atoms with van der Waals surface area (Å²) in [5.74, 6) is -0.440. The van der Waals surface area contributed by atoms with Gasteiger partial charge in [0.05, 0.1) is 5.56 Å². The van der Waals surface area contributed by atoms with Crippen LogP contribution in [0.1, 0.15) is 16.1 Å². The zero-order valence-electron chi connectivity index (χ0n) is 11.7. The highest BCUT2D eigenvalue weighted by atomic mass is 16.7. The van der Waals surface area contributed by atoms with Gasteiger partial charge in [-0.2, -0.15) is 0 Å². The summed E-state index contributed by atoms with van der Waals surface area (Å²) in [6.45, 7) is 0. The van der Waals surface area contributed by atoms with Gasteiger partial charge in [-0.15, -0.1) is 0 Å². The Morgan fingerprint density at radius 3 is 2.59 bits per heavy atom. The van der Waals surface area contributed by atoms with Crippen LogP contribution in [0.2, 0.25) is 0 Å². The highest BCUT2D eigenvalue weighted by Crippen LogP contribution is 2.19. The minimum Gasteiger partial charge on any atom is -0.375 e. The van der Waals surface area contributed by atoms with E-state index in [1.165, 1.54) is 0 Å². The molecule has 3 aromatic rings. The number of benzene rings is 2. The Morgan fingerprint density at radius 1 is 1.00 bits per heavy atom. The van der Waals surface area contributed by atoms with Crippen molar-refractivity contribution in [2.45, 2.75) is 0 Å². The molecule has 0 fully saturated rings. The van der Waals surface area contributed by atoms with Gasteiger partial charge in [-0.3, -0.25) is 0 Å². The predicted molar refractivity (Wildman–Crippen MR) is 83.1 cm³/mol. The van der Waals surface area contributed by atoms with Crippen LogP contribution in [0.15, 0.2) is 72.0 Å². The van der Waals surface area contributed by atoms with Gasteiger partial charge in [0, 0.05) is 12.1 Å². The van der Waals surface area contributed by atoms with Crippen molar-refractivity contribution in [2.24, 2.45) is 10.9 Å². The fourth-order valence-electron chi connectivity index (χ4n) is 2.15. The zero-order chi connectivity index (χ0) is 15.4. The zero-order valence-corrected chi connectivity index (χ0v) is 11.7. The predicted octanol–water partition coefficient (Wildman–Crippen LogP) is 2.13. The third-order valence-electron chi connectivity index (χ3n) is 3.22. The summed E-state index contributed by atoms with van der Waals surface area (Å²) >= 11 is 0. The maximum atomic E-state index is 12.2. The van der Waals surface area contributed by atoms with Gasteiger partial charge in [0.2, 0.25) is 11.5 Å². The van der Waals surface area contributed by atoms with Gasteiger partial charge < -0.3 is 10.6 Å². The summed E-state index contributed by atoms with van der Waals surface area (Å²) in [6.07, 6.45) is 1.71. The van der Waals surface area contributed by atoms with Crippen LogP contribution < -0.4 is 10.7 Å². The van der Waals surface area contributed by atoms with Crippen LogP contribution in [0.3, 0.4) is 0 Å². The Balaban J connectivity index is 1.85. The van der Waals surface area contributed by atoms with E-state index in [-0.39, 0.29) is 5.84 Å². The maximum absolute atomic E-state index is 12.2. The van der Waals surface area contributed by atoms with Crippen LogP contribution in [0.4, 0.5) is 0 Å². The standard InChI is InChI=1S/C17H13N3O2/c18-16(15-10-3-4-11-19-15)20-22-17(21)14-9-5-7-12-6-1-2-8-13(12)14/h1-11H,(H2,18,20)/p+1. The molecule has 0 aliphatic heterocycles. The average molecular weight is 292 g/mol. The number of oxime groups is 1. The number of amidine groups is 1. The van der Waals surface area contributed by atoms with Gasteiger partial charge in [0.15, 0.2) is 6.20 Å². The number of H-pyrrole nitrogens is 1. The topological polar surface area (TPSA) is 78.8 Å². The van der Waals surface area contributed by atoms with Crippen LogP contribution in [-0.2, 0) is 4.84 Å². The van der Waals surface area contributed by atoms with E-state index < -0.39 is 5.97 Å². The van der Waals surface area contributed by atoms with Crippen LogP contribution >= 0.6 is 0 Å². The van der Waals surface area contributed by atoms with Gasteiger partial charge in [-0.1, -0.05) is 41.6 Å². The lowest BCUT2D eigenvalue weighted by Gasteiger charge is -2.03. The Hall–Kier alpha value is -3.21. The van der Waals surface area contributed by atoms with Crippen LogP contribution in [-0.4, -0.2) is 11.8 Å². The van der Waals surface area contributed by atoms with E-state index in [0.717, 1.165) is 10.8 Å². The molecule has 0 saturated heterocycles. The Labute approximate surface area is 127 Å². The van der Waals surface area contributed by atoms with E-state index in [1.807, 2.05) is 36.4 Å². The van der Waals surface area contributed by atoms with E-state index in [4.69, 9.17) is 10.6 Å². The molecule has 0 amide bonds. The minimum absolute atomic E-state index is 0.106. The fraction of sp³-hybridized carbons (Fsp3) is 0. The van der Waals surface area contributed by atoms with E-state index in [0.29, 0.717) is 11.3 Å². The highest BCUT2D eigenvalue weighted by molar-refractivity contribution is 6.04. The molecule has 0 aliphatic rings. The lowest BCUT2D eigenvalue weighted by Crippen LogP contribution is -2.24. The Morgan fingerprint density at radius 2 is 1.77 bits per heavy atom. The first kappa shape index (κ1) is 13.8. The van der Waals surface area contributed by atoms with Crippen molar-refractivity contribution in [3.8, 4) is 0 Å². The third kappa shape index (κ3) is 2.78. The molecular formula is C17H14N3O2+. The molecule has 0 aliphatic carbocycles. The number of rotatable bonds is 3. The van der Waals surface area contributed by atoms with Crippen LogP contribution in [0, 0.1) is 0 Å². The summed E-state index contributed by atoms with van der Waals surface area (Å²) in [5.41, 5.74) is 6.80. The molecule has 0 bridgehead atoms. The first-order chi connectivity index (χ1) is 10.8. The summed E-state index contributed by atoms with van der Waals surface area (Å²) in [7, 11) is 0. The molecule has 5 heteroatoms. The number of carbonyl (C=O) groups excluding carboxylic acids is 1. The van der Waals surface area contributed by atoms with Gasteiger partial charge in [0.1, 0.15) is 0 Å². The number of pyridine rings is 1. The van der Waals surface area contributed by atoms with Crippen molar-refractivity contribution in [3.05, 3.63) is 78.1 Å². The van der Waals surface area contributed by atoms with Gasteiger partial charge in [0.25, 0.3) is 0 Å². The van der Waals surface area contributed by atoms with Crippen molar-refractivity contribution in [2.75, 3.05) is 0 Å². The molecule has 108 valence electrons. The lowest BCUT2D eigenvalue weighted by atomic mass is 10.1. The molecule has 5 nitrogen and oxygen atoms in total. The van der Waals surface area contributed by atoms with E-state index in [1.54, 1.807) is 30.5 Å². The number of aromatic amines is 1. The monoisotopic (exact) mass is 292 g/mol. The lowest BCUT2D eigenvalue weighted by molar-refractivity contribution is -0.380. The van der Waals surface area contributed by atoms with E-state index >= 15 is 0 Å². The number of aromatic nitrogens is 1. The number of fused-ring (bicyclic) bond motifs is 1. The molecule has 2 aromatic carbocycles. The molecule has 0 saturated carbocycles. The number of nitrogens with zero attached hydrogens (tertiary/aromatic N) is 1. The summed E-state index contributed by atoms with van der Waals surface area (Å²) < 4.78 is 0. The van der Waals surface area contributed by atoms with E-state index in [9.17, 15) is 4.79 Å². The number of nitrogens with one attached hydrogen (secondary N) is 1. The van der Waals surface area contributed by atoms with Crippen molar-refractivity contribution < 1.29 is 14.6 Å². The fourth-order valence-corrected chi connectivity index (χ4v) is 2.15. The molecule has 1 aromatic heterocycles. The second kappa shape index (κ2) is 6.05. The molecule has 1 heterocycles. The van der Waals surface area contributed by atoms with Gasteiger partial charge in [-0.05, 0) is 22.9 Å². The Bertz CT molecular complexity index is 839. The molecule has 0 radical (unpaired) electrons. The van der Waals surface area contributed by atoms with Crippen LogP contribution in [0.25, 0.3) is 10.8 Å². The molecule has 0 unspecified atom stereocenters. The smallest absolute Gasteiger partial charge is 0.366 e. The second-order valence-corrected chi connectivity index (χ2v) is 4.66. The third-order valence-corrected chi connectivity index (χ3v) is 3.22. The first-order valence-corrected chi connectivity index (χ1v) is 6.75. The maximum Gasteiger partial charge on any atom is 0.366 e. The number of carbonyl (C=O) groups is 1. The van der Waals surface area contributed by atoms with Crippen LogP contribution in [0.5, 0.6) is 0 Å². The van der Waals surface area contributed by atoms with Gasteiger partial charge in [-0.25, -0.2) is 9.78 Å². The highest BCUT2D eigenvalue weighted by Gasteiger charge is 2.13. The molecule has 22 heavy (non-hydrogen) atoms. The van der Waals surface area contributed by atoms with Crippen molar-refractivity contribution >= 4 is 22.6 Å². The van der Waals surface area contributed by atoms with Gasteiger partial charge >= 0.3 is 5.97 Å². The number of nitrogens with two attached hydrogens (primary N) is 1. The molecule has 3 rings (SSSR count). The second-order valence-electron chi connectivity index (χ2n) is 4.66. The average Bonchev–Trinajstić information content (AvgIpc) is 2.59. The molecular weight excluding hydrogens is 278 g/mol. The quantitative estimate of drug-likeness (QED) is 0.347. The largest absolute Gasteiger partial charge is 0.375 e. The SMILES string of the molecule is NC(=NOC(=O)c1cccc2ccccc12)c1cccc[nH+]1. The van der Waals surface area contributed by atoms with Crippen molar-refractivity contribution in [3.63, 3.8) is 0 Å². The molecule has 0 spiro atoms. The van der Waals surface area contributed by atoms with E-state index in [2.05, 4.69) is 10.1 Å². The summed E-state index contributed by atoms with van der Waals surface area (Å²) in [6, 6.07) is 18.4.